The summed E-state index contributed by atoms with van der Waals surface area (Å²) in [7, 11) is -3.84. The average Bonchev–Trinajstić information content (AvgIpc) is 2.31. The number of sulfone groups is 1. The second-order valence-corrected chi connectivity index (χ2v) is 5.80. The van der Waals surface area contributed by atoms with E-state index in [4.69, 9.17) is 16.9 Å². The average molecular weight is 303 g/mol. The van der Waals surface area contributed by atoms with Gasteiger partial charge in [-0.15, -0.1) is 0 Å². The van der Waals surface area contributed by atoms with Crippen LogP contribution < -0.4 is 5.32 Å². The van der Waals surface area contributed by atoms with E-state index in [1.807, 2.05) is 0 Å². The monoisotopic (exact) mass is 302 g/mol. The summed E-state index contributed by atoms with van der Waals surface area (Å²) in [4.78, 5) is 11.1. The van der Waals surface area contributed by atoms with Gasteiger partial charge < -0.3 is 4.74 Å². The quantitative estimate of drug-likeness (QED) is 0.919. The molecule has 0 aliphatic rings. The molecule has 0 aliphatic carbocycles. The Balaban J connectivity index is 3.20. The lowest BCUT2D eigenvalue weighted by atomic mass is 10.3. The Morgan fingerprint density at radius 3 is 2.79 bits per heavy atom. The predicted octanol–water partition coefficient (Wildman–Crippen LogP) is 2.21. The number of nitriles is 1. The maximum Gasteiger partial charge on any atom is 0.411 e. The Labute approximate surface area is 115 Å². The molecular formula is C11H11ClN2O4S. The standard InChI is InChI=1S/C11H11ClN2O4S/c1-2-18-11(15)14-9-4-3-8(12)7-10(9)19(16,17)6-5-13/h3-4,7H,2,6H2,1H3,(H,14,15). The van der Waals surface area contributed by atoms with E-state index in [2.05, 4.69) is 10.1 Å². The second kappa shape index (κ2) is 6.41. The van der Waals surface area contributed by atoms with Crippen LogP contribution in [0.25, 0.3) is 0 Å². The van der Waals surface area contributed by atoms with Gasteiger partial charge in [-0.1, -0.05) is 11.6 Å². The Bertz CT molecular complexity index is 622. The zero-order valence-electron chi connectivity index (χ0n) is 10.0. The minimum absolute atomic E-state index is 0.0260. The van der Waals surface area contributed by atoms with Gasteiger partial charge in [-0.25, -0.2) is 13.2 Å². The van der Waals surface area contributed by atoms with E-state index >= 15 is 0 Å². The van der Waals surface area contributed by atoms with Crippen molar-refractivity contribution in [2.75, 3.05) is 17.7 Å². The maximum atomic E-state index is 11.9. The molecule has 0 aromatic heterocycles. The van der Waals surface area contributed by atoms with Crippen molar-refractivity contribution in [3.63, 3.8) is 0 Å². The highest BCUT2D eigenvalue weighted by molar-refractivity contribution is 7.91. The van der Waals surface area contributed by atoms with Crippen molar-refractivity contribution in [2.24, 2.45) is 0 Å². The van der Waals surface area contributed by atoms with Crippen LogP contribution in [0.3, 0.4) is 0 Å². The summed E-state index contributed by atoms with van der Waals surface area (Å²) in [6.07, 6.45) is -0.779. The number of nitrogens with zero attached hydrogens (tertiary/aromatic N) is 1. The fourth-order valence-electron chi connectivity index (χ4n) is 1.30. The van der Waals surface area contributed by atoms with Crippen molar-refractivity contribution < 1.29 is 17.9 Å². The van der Waals surface area contributed by atoms with Gasteiger partial charge in [-0.3, -0.25) is 5.32 Å². The van der Waals surface area contributed by atoms with E-state index < -0.39 is 21.7 Å². The molecule has 1 aromatic carbocycles. The number of hydrogen-bond donors (Lipinski definition) is 1. The summed E-state index contributed by atoms with van der Waals surface area (Å²) >= 11 is 5.73. The van der Waals surface area contributed by atoms with Crippen LogP contribution >= 0.6 is 11.6 Å². The minimum Gasteiger partial charge on any atom is -0.450 e. The first kappa shape index (κ1) is 15.3. The van der Waals surface area contributed by atoms with E-state index in [9.17, 15) is 13.2 Å². The van der Waals surface area contributed by atoms with E-state index in [1.54, 1.807) is 13.0 Å². The predicted molar refractivity (Wildman–Crippen MR) is 69.8 cm³/mol. The van der Waals surface area contributed by atoms with Gasteiger partial charge in [-0.05, 0) is 25.1 Å². The Hall–Kier alpha value is -1.78. The summed E-state index contributed by atoms with van der Waals surface area (Å²) in [5, 5.41) is 11.0. The molecule has 0 heterocycles. The molecule has 1 rings (SSSR count). The van der Waals surface area contributed by atoms with Gasteiger partial charge in [0.25, 0.3) is 0 Å². The van der Waals surface area contributed by atoms with Gasteiger partial charge in [0, 0.05) is 5.02 Å². The van der Waals surface area contributed by atoms with Crippen molar-refractivity contribution in [1.82, 2.24) is 0 Å². The number of nitrogens with one attached hydrogen (secondary N) is 1. The first-order chi connectivity index (χ1) is 8.90. The molecule has 1 amide bonds. The van der Waals surface area contributed by atoms with Crippen molar-refractivity contribution in [1.29, 1.82) is 5.26 Å². The first-order valence-electron chi connectivity index (χ1n) is 5.23. The number of anilines is 1. The van der Waals surface area contributed by atoms with E-state index in [0.717, 1.165) is 0 Å². The highest BCUT2D eigenvalue weighted by Gasteiger charge is 2.20. The van der Waals surface area contributed by atoms with Crippen molar-refractivity contribution in [3.05, 3.63) is 23.2 Å². The number of benzene rings is 1. The number of carbonyl (C=O) groups is 1. The number of carbonyl (C=O) groups excluding carboxylic acids is 1. The number of rotatable bonds is 4. The zero-order valence-corrected chi connectivity index (χ0v) is 11.6. The molecule has 0 spiro atoms. The molecule has 0 radical (unpaired) electrons. The molecule has 8 heteroatoms. The van der Waals surface area contributed by atoms with Gasteiger partial charge >= 0.3 is 6.09 Å². The summed E-state index contributed by atoms with van der Waals surface area (Å²) in [6.45, 7) is 1.77. The normalized spacial score (nSPS) is 10.6. The van der Waals surface area contributed by atoms with Crippen LogP contribution in [0.1, 0.15) is 6.92 Å². The topological polar surface area (TPSA) is 96.3 Å². The fraction of sp³-hybridized carbons (Fsp3) is 0.273. The van der Waals surface area contributed by atoms with Crippen LogP contribution in [-0.4, -0.2) is 26.9 Å². The van der Waals surface area contributed by atoms with Gasteiger partial charge in [-0.2, -0.15) is 5.26 Å². The van der Waals surface area contributed by atoms with Gasteiger partial charge in [0.15, 0.2) is 9.84 Å². The van der Waals surface area contributed by atoms with Crippen LogP contribution in [0.15, 0.2) is 23.1 Å². The molecule has 0 aliphatic heterocycles. The maximum absolute atomic E-state index is 11.9. The molecule has 1 aromatic rings. The van der Waals surface area contributed by atoms with Gasteiger partial charge in [0.2, 0.25) is 0 Å². The molecular weight excluding hydrogens is 292 g/mol. The number of halogens is 1. The lowest BCUT2D eigenvalue weighted by molar-refractivity contribution is 0.168. The lowest BCUT2D eigenvalue weighted by Crippen LogP contribution is -2.16. The largest absolute Gasteiger partial charge is 0.450 e. The zero-order chi connectivity index (χ0) is 14.5. The third kappa shape index (κ3) is 4.12. The number of hydrogen-bond acceptors (Lipinski definition) is 5. The molecule has 0 unspecified atom stereocenters. The first-order valence-corrected chi connectivity index (χ1v) is 7.26. The fourth-order valence-corrected chi connectivity index (χ4v) is 2.62. The Kier molecular flexibility index (Phi) is 5.15. The van der Waals surface area contributed by atoms with Gasteiger partial charge in [0.1, 0.15) is 5.75 Å². The molecule has 19 heavy (non-hydrogen) atoms. The lowest BCUT2D eigenvalue weighted by Gasteiger charge is -2.10. The van der Waals surface area contributed by atoms with Crippen molar-refractivity contribution in [3.8, 4) is 6.07 Å². The summed E-state index contributed by atoms with van der Waals surface area (Å²) in [5.74, 6) is -0.704. The molecule has 0 saturated carbocycles. The van der Waals surface area contributed by atoms with E-state index in [0.29, 0.717) is 0 Å². The molecule has 0 saturated heterocycles. The minimum atomic E-state index is -3.84. The third-order valence-corrected chi connectivity index (χ3v) is 3.80. The van der Waals surface area contributed by atoms with Crippen LogP contribution in [0.2, 0.25) is 5.02 Å². The smallest absolute Gasteiger partial charge is 0.411 e. The van der Waals surface area contributed by atoms with Crippen LogP contribution in [0, 0.1) is 11.3 Å². The third-order valence-electron chi connectivity index (χ3n) is 2.05. The summed E-state index contributed by atoms with van der Waals surface area (Å²) in [5.41, 5.74) is 0.0260. The Morgan fingerprint density at radius 2 is 2.21 bits per heavy atom. The highest BCUT2D eigenvalue weighted by atomic mass is 35.5. The van der Waals surface area contributed by atoms with Crippen LogP contribution in [0.5, 0.6) is 0 Å². The van der Waals surface area contributed by atoms with Crippen LogP contribution in [0.4, 0.5) is 10.5 Å². The molecule has 6 nitrogen and oxygen atoms in total. The number of ether oxygens (including phenoxy) is 1. The van der Waals surface area contributed by atoms with Gasteiger partial charge in [0.05, 0.1) is 23.3 Å². The van der Waals surface area contributed by atoms with Crippen molar-refractivity contribution in [2.45, 2.75) is 11.8 Å². The second-order valence-electron chi connectivity index (χ2n) is 3.40. The van der Waals surface area contributed by atoms with E-state index in [1.165, 1.54) is 18.2 Å². The molecule has 1 N–H and O–H groups in total. The summed E-state index contributed by atoms with van der Waals surface area (Å²) in [6, 6.07) is 5.49. The molecule has 0 fully saturated rings. The summed E-state index contributed by atoms with van der Waals surface area (Å²) < 4.78 is 28.4. The van der Waals surface area contributed by atoms with E-state index in [-0.39, 0.29) is 22.2 Å². The Morgan fingerprint density at radius 1 is 1.53 bits per heavy atom. The van der Waals surface area contributed by atoms with Crippen LogP contribution in [-0.2, 0) is 14.6 Å². The highest BCUT2D eigenvalue weighted by Crippen LogP contribution is 2.26. The number of amides is 1. The molecule has 0 atom stereocenters. The SMILES string of the molecule is CCOC(=O)Nc1ccc(Cl)cc1S(=O)(=O)CC#N. The molecule has 0 bridgehead atoms. The van der Waals surface area contributed by atoms with Crippen molar-refractivity contribution >= 4 is 33.2 Å². The molecule has 102 valence electrons.